The van der Waals surface area contributed by atoms with Crippen LogP contribution in [0.3, 0.4) is 0 Å². The Morgan fingerprint density at radius 2 is 1.80 bits per heavy atom. The first-order valence-corrected chi connectivity index (χ1v) is 11.9. The fourth-order valence-corrected chi connectivity index (χ4v) is 4.69. The third kappa shape index (κ3) is 5.00. The van der Waals surface area contributed by atoms with E-state index in [9.17, 15) is 4.79 Å². The van der Waals surface area contributed by atoms with Crippen molar-refractivity contribution < 1.29 is 9.47 Å². The maximum atomic E-state index is 13.1. The van der Waals surface area contributed by atoms with Gasteiger partial charge in [0.25, 0.3) is 5.56 Å². The van der Waals surface area contributed by atoms with Gasteiger partial charge in [0.1, 0.15) is 0 Å². The molecule has 35 heavy (non-hydrogen) atoms. The van der Waals surface area contributed by atoms with Crippen LogP contribution in [0.2, 0.25) is 0 Å². The Labute approximate surface area is 209 Å². The van der Waals surface area contributed by atoms with Gasteiger partial charge in [-0.15, -0.1) is 0 Å². The Kier molecular flexibility index (Phi) is 6.17. The predicted octanol–water partition coefficient (Wildman–Crippen LogP) is 5.58. The van der Waals surface area contributed by atoms with Crippen molar-refractivity contribution in [3.8, 4) is 11.5 Å². The van der Waals surface area contributed by atoms with Crippen molar-refractivity contribution in [2.24, 2.45) is 0 Å². The van der Waals surface area contributed by atoms with E-state index in [1.165, 1.54) is 0 Å². The van der Waals surface area contributed by atoms with Crippen LogP contribution >= 0.6 is 12.2 Å². The molecule has 2 heterocycles. The molecule has 0 amide bonds. The normalized spacial score (nSPS) is 12.1. The average molecular weight is 486 g/mol. The van der Waals surface area contributed by atoms with Crippen LogP contribution in [0, 0.1) is 20.8 Å². The van der Waals surface area contributed by atoms with Gasteiger partial charge in [0.15, 0.2) is 16.6 Å². The Bertz CT molecular complexity index is 1500. The number of aromatic amines is 1. The van der Waals surface area contributed by atoms with Gasteiger partial charge in [-0.3, -0.25) is 4.79 Å². The minimum absolute atomic E-state index is 0.113. The third-order valence-corrected chi connectivity index (χ3v) is 6.46. The summed E-state index contributed by atoms with van der Waals surface area (Å²) < 4.78 is 11.0. The number of hydrogen-bond acceptors (Lipinski definition) is 4. The van der Waals surface area contributed by atoms with Gasteiger partial charge in [0.05, 0.1) is 12.1 Å². The highest BCUT2D eigenvalue weighted by atomic mass is 32.1. The Morgan fingerprint density at radius 1 is 0.971 bits per heavy atom. The van der Waals surface area contributed by atoms with Crippen LogP contribution in [0.15, 0.2) is 65.5 Å². The second kappa shape index (κ2) is 9.43. The Morgan fingerprint density at radius 3 is 2.63 bits per heavy atom. The minimum Gasteiger partial charge on any atom is -0.454 e. The van der Waals surface area contributed by atoms with Crippen LogP contribution in [-0.2, 0) is 13.1 Å². The number of H-pyrrole nitrogens is 1. The minimum atomic E-state index is -0.113. The summed E-state index contributed by atoms with van der Waals surface area (Å²) in [7, 11) is 0. The number of aryl methyl sites for hydroxylation is 3. The largest absolute Gasteiger partial charge is 0.454 e. The van der Waals surface area contributed by atoms with Gasteiger partial charge in [-0.1, -0.05) is 29.8 Å². The van der Waals surface area contributed by atoms with Crippen molar-refractivity contribution in [3.05, 3.63) is 98.8 Å². The van der Waals surface area contributed by atoms with Gasteiger partial charge in [-0.25, -0.2) is 0 Å². The van der Waals surface area contributed by atoms with E-state index in [2.05, 4.69) is 29.4 Å². The van der Waals surface area contributed by atoms with E-state index < -0.39 is 0 Å². The lowest BCUT2D eigenvalue weighted by Gasteiger charge is -2.26. The Balaban J connectivity index is 1.48. The number of nitrogens with zero attached hydrogens (tertiary/aromatic N) is 1. The molecule has 0 spiro atoms. The van der Waals surface area contributed by atoms with Crippen LogP contribution in [-0.4, -0.2) is 21.8 Å². The van der Waals surface area contributed by atoms with Crippen LogP contribution < -0.4 is 20.3 Å². The molecule has 7 heteroatoms. The molecule has 0 saturated carbocycles. The van der Waals surface area contributed by atoms with Gasteiger partial charge < -0.3 is 24.7 Å². The van der Waals surface area contributed by atoms with Crippen LogP contribution in [0.4, 0.5) is 5.69 Å². The van der Waals surface area contributed by atoms with E-state index in [0.29, 0.717) is 23.8 Å². The molecule has 3 aromatic carbocycles. The molecule has 4 aromatic rings. The summed E-state index contributed by atoms with van der Waals surface area (Å²) in [4.78, 5) is 18.1. The van der Waals surface area contributed by atoms with E-state index in [-0.39, 0.29) is 12.4 Å². The van der Waals surface area contributed by atoms with Gasteiger partial charge in [0, 0.05) is 17.8 Å². The second-order valence-electron chi connectivity index (χ2n) is 9.01. The molecule has 178 valence electrons. The monoisotopic (exact) mass is 485 g/mol. The molecular weight excluding hydrogens is 458 g/mol. The van der Waals surface area contributed by atoms with Gasteiger partial charge in [0.2, 0.25) is 6.79 Å². The number of pyridine rings is 1. The lowest BCUT2D eigenvalue weighted by atomic mass is 10.0. The first kappa shape index (κ1) is 22.9. The number of fused-ring (bicyclic) bond motifs is 2. The highest BCUT2D eigenvalue weighted by Crippen LogP contribution is 2.33. The zero-order valence-electron chi connectivity index (χ0n) is 20.0. The van der Waals surface area contributed by atoms with E-state index in [1.54, 1.807) is 0 Å². The highest BCUT2D eigenvalue weighted by Gasteiger charge is 2.18. The molecule has 0 atom stereocenters. The van der Waals surface area contributed by atoms with Crippen molar-refractivity contribution in [3.63, 3.8) is 0 Å². The van der Waals surface area contributed by atoms with Crippen LogP contribution in [0.1, 0.15) is 27.8 Å². The average Bonchev–Trinajstić information content (AvgIpc) is 3.27. The number of anilines is 1. The molecule has 0 saturated heterocycles. The SMILES string of the molecule is Cc1cccc(NC(=S)N(Cc2ccc3c(c2)OCO3)Cc2cc3cc(C)cc(C)c3[nH]c2=O)c1. The quantitative estimate of drug-likeness (QED) is 0.360. The fraction of sp³-hybridized carbons (Fsp3) is 0.214. The summed E-state index contributed by atoms with van der Waals surface area (Å²) in [6.45, 7) is 7.18. The first-order chi connectivity index (χ1) is 16.9. The van der Waals surface area contributed by atoms with E-state index in [1.807, 2.05) is 67.3 Å². The number of thiocarbonyl (C=S) groups is 1. The van der Waals surface area contributed by atoms with Crippen molar-refractivity contribution in [1.82, 2.24) is 9.88 Å². The molecule has 0 bridgehead atoms. The summed E-state index contributed by atoms with van der Waals surface area (Å²) >= 11 is 5.83. The van der Waals surface area contributed by atoms with E-state index in [0.717, 1.165) is 50.3 Å². The van der Waals surface area contributed by atoms with Gasteiger partial charge in [-0.2, -0.15) is 0 Å². The number of benzene rings is 3. The molecule has 1 aliphatic heterocycles. The maximum Gasteiger partial charge on any atom is 0.253 e. The van der Waals surface area contributed by atoms with Crippen molar-refractivity contribution in [2.45, 2.75) is 33.9 Å². The highest BCUT2D eigenvalue weighted by molar-refractivity contribution is 7.80. The topological polar surface area (TPSA) is 66.6 Å². The second-order valence-corrected chi connectivity index (χ2v) is 9.40. The summed E-state index contributed by atoms with van der Waals surface area (Å²) in [5.41, 5.74) is 6.66. The molecule has 2 N–H and O–H groups in total. The van der Waals surface area contributed by atoms with Crippen molar-refractivity contribution >= 4 is 33.9 Å². The molecule has 6 nitrogen and oxygen atoms in total. The zero-order chi connectivity index (χ0) is 24.5. The maximum absolute atomic E-state index is 13.1. The van der Waals surface area contributed by atoms with E-state index in [4.69, 9.17) is 21.7 Å². The summed E-state index contributed by atoms with van der Waals surface area (Å²) in [6, 6.07) is 20.0. The molecule has 5 rings (SSSR count). The summed E-state index contributed by atoms with van der Waals surface area (Å²) in [5.74, 6) is 1.45. The van der Waals surface area contributed by atoms with Crippen LogP contribution in [0.5, 0.6) is 11.5 Å². The third-order valence-electron chi connectivity index (χ3n) is 6.10. The lowest BCUT2D eigenvalue weighted by Crippen LogP contribution is -2.35. The van der Waals surface area contributed by atoms with Crippen molar-refractivity contribution in [2.75, 3.05) is 12.1 Å². The Hall–Kier alpha value is -3.84. The number of aromatic nitrogens is 1. The molecular formula is C28H27N3O3S. The molecule has 1 aliphatic rings. The van der Waals surface area contributed by atoms with Gasteiger partial charge in [-0.05, 0) is 91.5 Å². The molecule has 0 radical (unpaired) electrons. The fourth-order valence-electron chi connectivity index (χ4n) is 4.44. The van der Waals surface area contributed by atoms with Gasteiger partial charge >= 0.3 is 0 Å². The standard InChI is InChI=1S/C28H27N3O3S/c1-17-5-4-6-23(11-17)29-28(35)31(14-20-7-8-24-25(12-20)34-16-33-24)15-22-13-21-10-18(2)9-19(3)26(21)30-27(22)32/h4-13H,14-16H2,1-3H3,(H,29,35)(H,30,32). The predicted molar refractivity (Wildman–Crippen MR) is 143 cm³/mol. The number of nitrogens with one attached hydrogen (secondary N) is 2. The molecule has 1 aromatic heterocycles. The van der Waals surface area contributed by atoms with Crippen molar-refractivity contribution in [1.29, 1.82) is 0 Å². The summed E-state index contributed by atoms with van der Waals surface area (Å²) in [5, 5.41) is 4.89. The summed E-state index contributed by atoms with van der Waals surface area (Å²) in [6.07, 6.45) is 0. The smallest absolute Gasteiger partial charge is 0.253 e. The number of hydrogen-bond donors (Lipinski definition) is 2. The molecule has 0 aliphatic carbocycles. The zero-order valence-corrected chi connectivity index (χ0v) is 20.8. The first-order valence-electron chi connectivity index (χ1n) is 11.5. The molecule has 0 unspecified atom stereocenters. The number of rotatable bonds is 5. The number of ether oxygens (including phenoxy) is 2. The van der Waals surface area contributed by atoms with E-state index >= 15 is 0 Å². The lowest BCUT2D eigenvalue weighted by molar-refractivity contribution is 0.174. The van der Waals surface area contributed by atoms with Crippen LogP contribution in [0.25, 0.3) is 10.9 Å². The molecule has 0 fully saturated rings.